The first-order valence-electron chi connectivity index (χ1n) is 40.9. The van der Waals surface area contributed by atoms with Gasteiger partial charge < -0.3 is 60.3 Å². The van der Waals surface area contributed by atoms with E-state index in [9.17, 15) is 28.8 Å². The zero-order valence-electron chi connectivity index (χ0n) is 66.9. The van der Waals surface area contributed by atoms with E-state index in [-0.39, 0.29) is 114 Å². The van der Waals surface area contributed by atoms with Crippen LogP contribution in [0.3, 0.4) is 0 Å². The largest absolute Gasteiger partial charge is 0.368 e. The van der Waals surface area contributed by atoms with Crippen LogP contribution in [0, 0.1) is 70.5 Å². The maximum absolute atomic E-state index is 12.1. The van der Waals surface area contributed by atoms with Gasteiger partial charge in [-0.3, -0.25) is 28.8 Å². The van der Waals surface area contributed by atoms with E-state index >= 15 is 0 Å². The van der Waals surface area contributed by atoms with Crippen LogP contribution >= 0.6 is 0 Å². The summed E-state index contributed by atoms with van der Waals surface area (Å²) in [6.07, 6.45) is 31.7. The fraction of sp³-hybridized carbons (Fsp3) is 0.904. The molecule has 8 atom stereocenters. The molecule has 0 aromatic carbocycles. The van der Waals surface area contributed by atoms with Gasteiger partial charge in [-0.25, -0.2) is 0 Å². The van der Waals surface area contributed by atoms with Crippen molar-refractivity contribution in [3.63, 3.8) is 0 Å². The lowest BCUT2D eigenvalue weighted by molar-refractivity contribution is -0.136. The predicted molar refractivity (Wildman–Crippen MR) is 406 cm³/mol. The standard InChI is InChI=1S/C15H27NO2.2C14H25NO2.C14H27NO2.2C13H23NO2/c1-11(2)16-15(17)14(18-10-13-7-8-13)9-12-5-3-4-6-12;1-9(2)15-14(16)13(7-12-6-10(12)3)17-8-11-4-5-11;1-10(2)15-14(16)13(8-11-4-3-5-11)17-9-12-6-7-12;1-10(2)15-13(16)12(8-14(3,4)5)17-9-11-6-7-11;1-9(2)14-13(15)12(7-10-3-4-10)16-8-11-5-6-11;1-9(2)7-12(13(15)14-10(3)4)16-8-11-5-6-11/h11-14H,3-10H2,1-2H3,(H,16,17);9-13H,4-8H2,1-3H3,(H,15,16);10-13H,3-9H2,1-2H3,(H,15,16);10-12H,6-9H2,1-5H3,(H,15,16);9-12H,3-8H2,1-2H3,(H,14,15);10-12H,1,5-8H2,2-4H3,(H,14,15). The normalized spacial score (nSPS) is 22.0. The van der Waals surface area contributed by atoms with E-state index in [4.69, 9.17) is 28.4 Å². The van der Waals surface area contributed by atoms with Gasteiger partial charge >= 0.3 is 0 Å². The van der Waals surface area contributed by atoms with Crippen LogP contribution in [0.2, 0.25) is 0 Å². The third-order valence-corrected chi connectivity index (χ3v) is 19.9. The molecule has 10 rings (SSSR count). The fourth-order valence-corrected chi connectivity index (χ4v) is 12.1. The second-order valence-electron chi connectivity index (χ2n) is 35.8. The maximum atomic E-state index is 12.1. The Morgan fingerprint density at radius 1 is 0.337 bits per heavy atom. The minimum atomic E-state index is -0.361. The van der Waals surface area contributed by atoms with Gasteiger partial charge in [0.25, 0.3) is 0 Å². The Bertz CT molecular complexity index is 2350. The van der Waals surface area contributed by atoms with Crippen LogP contribution in [0.1, 0.15) is 297 Å². The molecular weight excluding hydrogens is 1270 g/mol. The lowest BCUT2D eigenvalue weighted by Gasteiger charge is -2.29. The minimum Gasteiger partial charge on any atom is -0.368 e. The highest BCUT2D eigenvalue weighted by Crippen LogP contribution is 2.43. The molecule has 0 heterocycles. The summed E-state index contributed by atoms with van der Waals surface area (Å²) in [6, 6.07) is 1.15. The summed E-state index contributed by atoms with van der Waals surface area (Å²) in [6.45, 7) is 42.9. The van der Waals surface area contributed by atoms with Crippen LogP contribution in [0.25, 0.3) is 0 Å². The number of hydrogen-bond donors (Lipinski definition) is 6. The summed E-state index contributed by atoms with van der Waals surface area (Å²) < 4.78 is 34.7. The van der Waals surface area contributed by atoms with Gasteiger partial charge in [0.05, 0.1) is 39.6 Å². The highest BCUT2D eigenvalue weighted by atomic mass is 16.5. The first kappa shape index (κ1) is 88.0. The molecule has 6 N–H and O–H groups in total. The molecule has 18 heteroatoms. The fourth-order valence-electron chi connectivity index (χ4n) is 12.1. The van der Waals surface area contributed by atoms with Crippen LogP contribution in [0.4, 0.5) is 0 Å². The number of carbonyl (C=O) groups excluding carboxylic acids is 6. The van der Waals surface area contributed by atoms with Crippen molar-refractivity contribution in [3.8, 4) is 0 Å². The van der Waals surface area contributed by atoms with Crippen LogP contribution in [0.5, 0.6) is 0 Å². The Morgan fingerprint density at radius 2 is 0.554 bits per heavy atom. The number of hydrogen-bond acceptors (Lipinski definition) is 12. The molecule has 0 aromatic heterocycles. The molecule has 6 amide bonds. The van der Waals surface area contributed by atoms with Crippen molar-refractivity contribution in [3.05, 3.63) is 12.2 Å². The molecule has 18 nitrogen and oxygen atoms in total. The van der Waals surface area contributed by atoms with E-state index in [1.54, 1.807) is 0 Å². The second kappa shape index (κ2) is 45.7. The third kappa shape index (κ3) is 44.1. The zero-order valence-corrected chi connectivity index (χ0v) is 66.9. The Hall–Kier alpha value is -3.68. The summed E-state index contributed by atoms with van der Waals surface area (Å²) in [5.41, 5.74) is 1.10. The van der Waals surface area contributed by atoms with Crippen molar-refractivity contribution in [1.82, 2.24) is 31.9 Å². The lowest BCUT2D eigenvalue weighted by Crippen LogP contribution is -2.42. The summed E-state index contributed by atoms with van der Waals surface area (Å²) >= 11 is 0. The average Bonchev–Trinajstić information content (AvgIpc) is 1.94. The van der Waals surface area contributed by atoms with Gasteiger partial charge in [0, 0.05) is 42.7 Å². The Morgan fingerprint density at radius 3 is 0.772 bits per heavy atom. The second-order valence-corrected chi connectivity index (χ2v) is 35.8. The highest BCUT2D eigenvalue weighted by molar-refractivity contribution is 5.83. The molecule has 0 radical (unpaired) electrons. The van der Waals surface area contributed by atoms with E-state index in [0.29, 0.717) is 36.7 Å². The molecule has 10 aliphatic rings. The van der Waals surface area contributed by atoms with E-state index in [1.807, 2.05) is 90.0 Å². The van der Waals surface area contributed by atoms with Gasteiger partial charge in [-0.2, -0.15) is 0 Å². The molecule has 8 unspecified atom stereocenters. The van der Waals surface area contributed by atoms with Crippen LogP contribution in [0.15, 0.2) is 12.2 Å². The Balaban J connectivity index is 0.000000218. The van der Waals surface area contributed by atoms with Gasteiger partial charge in [-0.05, 0) is 276 Å². The number of carbonyl (C=O) groups is 6. The molecule has 10 saturated carbocycles. The third-order valence-electron chi connectivity index (χ3n) is 19.9. The van der Waals surface area contributed by atoms with Gasteiger partial charge in [-0.15, -0.1) is 6.58 Å². The first-order chi connectivity index (χ1) is 47.8. The lowest BCUT2D eigenvalue weighted by atomic mass is 9.81. The van der Waals surface area contributed by atoms with Crippen molar-refractivity contribution >= 4 is 35.4 Å². The SMILES string of the molecule is C=C(C)CC(OCC1CC1)C(=O)NC(C)C.CC(C)NC(=O)C(CC(C)(C)C)OCC1CC1.CC(C)NC(=O)C(CC1CC1)OCC1CC1.CC(C)NC(=O)C(CC1CC1C)OCC1CC1.CC(C)NC(=O)C(CC1CCC1)OCC1CC1.CC(C)NC(=O)C(CC1CCCC1)OCC1CC1. The predicted octanol–water partition coefficient (Wildman–Crippen LogP) is 14.9. The Kier molecular flexibility index (Phi) is 39.8. The molecule has 0 aromatic rings. The van der Waals surface area contributed by atoms with Crippen LogP contribution in [-0.2, 0) is 57.2 Å². The number of nitrogens with one attached hydrogen (secondary N) is 6. The van der Waals surface area contributed by atoms with Crippen LogP contribution in [-0.4, -0.2) is 148 Å². The van der Waals surface area contributed by atoms with E-state index in [1.165, 1.54) is 141 Å². The summed E-state index contributed by atoms with van der Waals surface area (Å²) in [7, 11) is 0. The molecule has 101 heavy (non-hydrogen) atoms. The van der Waals surface area contributed by atoms with Crippen molar-refractivity contribution in [2.45, 2.75) is 370 Å². The molecule has 0 spiro atoms. The molecule has 10 aliphatic carbocycles. The molecule has 584 valence electrons. The van der Waals surface area contributed by atoms with E-state index in [0.717, 1.165) is 112 Å². The zero-order chi connectivity index (χ0) is 74.3. The van der Waals surface area contributed by atoms with Gasteiger partial charge in [0.2, 0.25) is 35.4 Å². The number of ether oxygens (including phenoxy) is 6. The van der Waals surface area contributed by atoms with Crippen molar-refractivity contribution in [2.75, 3.05) is 39.6 Å². The summed E-state index contributed by atoms with van der Waals surface area (Å²) in [5.74, 6) is 8.31. The van der Waals surface area contributed by atoms with Crippen LogP contribution < -0.4 is 31.9 Å². The quantitative estimate of drug-likeness (QED) is 0.0314. The molecular formula is C83H150N6O12. The average molecular weight is 1420 g/mol. The van der Waals surface area contributed by atoms with Gasteiger partial charge in [0.15, 0.2) is 0 Å². The Labute approximate surface area is 614 Å². The smallest absolute Gasteiger partial charge is 0.249 e. The molecule has 0 saturated heterocycles. The van der Waals surface area contributed by atoms with Crippen molar-refractivity contribution < 1.29 is 57.2 Å². The van der Waals surface area contributed by atoms with Gasteiger partial charge in [0.1, 0.15) is 36.6 Å². The van der Waals surface area contributed by atoms with E-state index < -0.39 is 0 Å². The molecule has 10 fully saturated rings. The molecule has 0 aliphatic heterocycles. The maximum Gasteiger partial charge on any atom is 0.249 e. The van der Waals surface area contributed by atoms with Crippen molar-refractivity contribution in [1.29, 1.82) is 0 Å². The number of rotatable bonds is 41. The minimum absolute atomic E-state index is 0.0151. The topological polar surface area (TPSA) is 230 Å². The number of amides is 6. The van der Waals surface area contributed by atoms with Crippen molar-refractivity contribution in [2.24, 2.45) is 70.5 Å². The summed E-state index contributed by atoms with van der Waals surface area (Å²) in [5, 5.41) is 17.7. The van der Waals surface area contributed by atoms with Gasteiger partial charge in [-0.1, -0.05) is 91.1 Å². The first-order valence-corrected chi connectivity index (χ1v) is 40.9. The molecule has 0 bridgehead atoms. The summed E-state index contributed by atoms with van der Waals surface area (Å²) in [4.78, 5) is 72.0. The van der Waals surface area contributed by atoms with E-state index in [2.05, 4.69) is 66.2 Å². The monoisotopic (exact) mass is 1420 g/mol. The highest BCUT2D eigenvalue weighted by Gasteiger charge is 2.39.